The van der Waals surface area contributed by atoms with Crippen LogP contribution in [0.5, 0.6) is 0 Å². The molecular formula is C10H13N5O2S. The van der Waals surface area contributed by atoms with Gasteiger partial charge in [0.15, 0.2) is 0 Å². The average molecular weight is 267 g/mol. The Labute approximate surface area is 105 Å². The summed E-state index contributed by atoms with van der Waals surface area (Å²) in [6, 6.07) is 1.78. The predicted octanol–water partition coefficient (Wildman–Crippen LogP) is -0.0737. The summed E-state index contributed by atoms with van der Waals surface area (Å²) in [6.07, 6.45) is 5.89. The van der Waals surface area contributed by atoms with Crippen molar-refractivity contribution in [2.24, 2.45) is 7.05 Å². The number of sulfonamides is 1. The summed E-state index contributed by atoms with van der Waals surface area (Å²) in [5.41, 5.74) is 2.07. The summed E-state index contributed by atoms with van der Waals surface area (Å²) < 4.78 is 26.1. The molecule has 2 aromatic rings. The van der Waals surface area contributed by atoms with Crippen LogP contribution in [0.1, 0.15) is 5.69 Å². The number of rotatable bonds is 4. The van der Waals surface area contributed by atoms with Gasteiger partial charge < -0.3 is 0 Å². The van der Waals surface area contributed by atoms with Crippen molar-refractivity contribution in [1.82, 2.24) is 24.5 Å². The summed E-state index contributed by atoms with van der Waals surface area (Å²) in [5.74, 6) is 0. The van der Waals surface area contributed by atoms with E-state index in [2.05, 4.69) is 19.8 Å². The maximum atomic E-state index is 11.0. The van der Waals surface area contributed by atoms with Crippen LogP contribution in [-0.2, 0) is 23.6 Å². The molecule has 0 aliphatic carbocycles. The van der Waals surface area contributed by atoms with Gasteiger partial charge in [-0.1, -0.05) is 0 Å². The van der Waals surface area contributed by atoms with Gasteiger partial charge >= 0.3 is 0 Å². The van der Waals surface area contributed by atoms with Crippen molar-refractivity contribution in [3.05, 3.63) is 30.4 Å². The largest absolute Gasteiger partial charge is 0.271 e. The second kappa shape index (κ2) is 4.83. The minimum atomic E-state index is -3.21. The molecule has 1 N–H and O–H groups in total. The Balaban J connectivity index is 2.23. The second-order valence-electron chi connectivity index (χ2n) is 3.83. The zero-order chi connectivity index (χ0) is 13.2. The highest BCUT2D eigenvalue weighted by Gasteiger charge is 2.09. The Kier molecular flexibility index (Phi) is 3.39. The molecule has 2 rings (SSSR count). The SMILES string of the molecule is Cn1nc(-c2cnccn2)cc1CNS(C)(=O)=O. The molecule has 0 aliphatic rings. The lowest BCUT2D eigenvalue weighted by atomic mass is 10.3. The molecule has 7 nitrogen and oxygen atoms in total. The molecule has 0 aliphatic heterocycles. The van der Waals surface area contributed by atoms with Crippen LogP contribution < -0.4 is 4.72 Å². The fourth-order valence-corrected chi connectivity index (χ4v) is 1.84. The van der Waals surface area contributed by atoms with Crippen LogP contribution in [0.3, 0.4) is 0 Å². The number of nitrogens with one attached hydrogen (secondary N) is 1. The lowest BCUT2D eigenvalue weighted by molar-refractivity contribution is 0.583. The Morgan fingerprint density at radius 3 is 2.72 bits per heavy atom. The van der Waals surface area contributed by atoms with Crippen molar-refractivity contribution < 1.29 is 8.42 Å². The molecule has 0 amide bonds. The molecule has 0 radical (unpaired) electrons. The van der Waals surface area contributed by atoms with E-state index in [1.54, 1.807) is 36.4 Å². The van der Waals surface area contributed by atoms with Gasteiger partial charge in [0.25, 0.3) is 0 Å². The Morgan fingerprint density at radius 2 is 2.11 bits per heavy atom. The van der Waals surface area contributed by atoms with Gasteiger partial charge in [-0.05, 0) is 6.07 Å². The van der Waals surface area contributed by atoms with E-state index in [1.165, 1.54) is 0 Å². The van der Waals surface area contributed by atoms with Gasteiger partial charge in [0.05, 0.1) is 24.7 Å². The summed E-state index contributed by atoms with van der Waals surface area (Å²) in [5, 5.41) is 4.26. The molecule has 96 valence electrons. The van der Waals surface area contributed by atoms with Crippen molar-refractivity contribution >= 4 is 10.0 Å². The summed E-state index contributed by atoms with van der Waals surface area (Å²) in [6.45, 7) is 0.197. The highest BCUT2D eigenvalue weighted by atomic mass is 32.2. The standard InChI is InChI=1S/C10H13N5O2S/c1-15-8(6-13-18(2,16)17)5-9(14-15)10-7-11-3-4-12-10/h3-5,7,13H,6H2,1-2H3. The topological polar surface area (TPSA) is 89.8 Å². The van der Waals surface area contributed by atoms with E-state index >= 15 is 0 Å². The van der Waals surface area contributed by atoms with Crippen LogP contribution in [-0.4, -0.2) is 34.4 Å². The minimum Gasteiger partial charge on any atom is -0.271 e. The van der Waals surface area contributed by atoms with Gasteiger partial charge in [-0.15, -0.1) is 0 Å². The fourth-order valence-electron chi connectivity index (χ4n) is 1.43. The molecule has 0 unspecified atom stereocenters. The molecule has 0 atom stereocenters. The smallest absolute Gasteiger partial charge is 0.209 e. The first-order chi connectivity index (χ1) is 8.46. The highest BCUT2D eigenvalue weighted by Crippen LogP contribution is 2.14. The monoisotopic (exact) mass is 267 g/mol. The van der Waals surface area contributed by atoms with Gasteiger partial charge in [0.2, 0.25) is 10.0 Å². The molecule has 0 saturated carbocycles. The number of hydrogen-bond acceptors (Lipinski definition) is 5. The van der Waals surface area contributed by atoms with E-state index in [9.17, 15) is 8.42 Å². The normalized spacial score (nSPS) is 11.7. The maximum absolute atomic E-state index is 11.0. The third-order valence-corrected chi connectivity index (χ3v) is 2.99. The summed E-state index contributed by atoms with van der Waals surface area (Å²) in [7, 11) is -1.46. The van der Waals surface area contributed by atoms with E-state index in [-0.39, 0.29) is 6.54 Å². The number of aromatic nitrogens is 4. The van der Waals surface area contributed by atoms with E-state index in [0.29, 0.717) is 11.4 Å². The van der Waals surface area contributed by atoms with Crippen LogP contribution in [0.4, 0.5) is 0 Å². The van der Waals surface area contributed by atoms with E-state index in [4.69, 9.17) is 0 Å². The molecule has 8 heteroatoms. The fraction of sp³-hybridized carbons (Fsp3) is 0.300. The number of aryl methyl sites for hydroxylation is 1. The van der Waals surface area contributed by atoms with Gasteiger partial charge in [-0.25, -0.2) is 13.1 Å². The van der Waals surface area contributed by atoms with E-state index in [1.807, 2.05) is 0 Å². The molecule has 0 spiro atoms. The summed E-state index contributed by atoms with van der Waals surface area (Å²) >= 11 is 0. The van der Waals surface area contributed by atoms with Crippen LogP contribution in [0.15, 0.2) is 24.7 Å². The van der Waals surface area contributed by atoms with Crippen LogP contribution >= 0.6 is 0 Å². The van der Waals surface area contributed by atoms with Crippen LogP contribution in [0.2, 0.25) is 0 Å². The highest BCUT2D eigenvalue weighted by molar-refractivity contribution is 7.88. The first kappa shape index (κ1) is 12.7. The molecule has 0 bridgehead atoms. The quantitative estimate of drug-likeness (QED) is 0.837. The predicted molar refractivity (Wildman–Crippen MR) is 65.9 cm³/mol. The molecule has 0 fully saturated rings. The first-order valence-corrected chi connectivity index (χ1v) is 7.09. The van der Waals surface area contributed by atoms with Gasteiger partial charge in [0.1, 0.15) is 11.4 Å². The van der Waals surface area contributed by atoms with Crippen LogP contribution in [0.25, 0.3) is 11.4 Å². The third kappa shape index (κ3) is 3.11. The lowest BCUT2D eigenvalue weighted by Gasteiger charge is -2.01. The molecule has 2 aromatic heterocycles. The van der Waals surface area contributed by atoms with Crippen LogP contribution in [0, 0.1) is 0 Å². The van der Waals surface area contributed by atoms with Crippen molar-refractivity contribution in [2.75, 3.05) is 6.26 Å². The van der Waals surface area contributed by atoms with Gasteiger partial charge in [0, 0.05) is 19.4 Å². The minimum absolute atomic E-state index is 0.197. The lowest BCUT2D eigenvalue weighted by Crippen LogP contribution is -2.22. The van der Waals surface area contributed by atoms with Gasteiger partial charge in [-0.3, -0.25) is 14.6 Å². The molecular weight excluding hydrogens is 254 g/mol. The van der Waals surface area contributed by atoms with E-state index in [0.717, 1.165) is 11.9 Å². The van der Waals surface area contributed by atoms with Crippen molar-refractivity contribution in [3.63, 3.8) is 0 Å². The zero-order valence-electron chi connectivity index (χ0n) is 10.0. The Bertz CT molecular complexity index is 636. The zero-order valence-corrected chi connectivity index (χ0v) is 10.8. The third-order valence-electron chi connectivity index (χ3n) is 2.32. The van der Waals surface area contributed by atoms with Gasteiger partial charge in [-0.2, -0.15) is 5.10 Å². The summed E-state index contributed by atoms with van der Waals surface area (Å²) in [4.78, 5) is 8.10. The van der Waals surface area contributed by atoms with Crippen molar-refractivity contribution in [1.29, 1.82) is 0 Å². The molecule has 2 heterocycles. The molecule has 18 heavy (non-hydrogen) atoms. The Morgan fingerprint density at radius 1 is 1.33 bits per heavy atom. The number of hydrogen-bond donors (Lipinski definition) is 1. The van der Waals surface area contributed by atoms with Crippen molar-refractivity contribution in [3.8, 4) is 11.4 Å². The van der Waals surface area contributed by atoms with E-state index < -0.39 is 10.0 Å². The first-order valence-electron chi connectivity index (χ1n) is 5.19. The van der Waals surface area contributed by atoms with Crippen molar-refractivity contribution in [2.45, 2.75) is 6.54 Å². The number of nitrogens with zero attached hydrogens (tertiary/aromatic N) is 4. The molecule has 0 aromatic carbocycles. The maximum Gasteiger partial charge on any atom is 0.209 e. The molecule has 0 saturated heterocycles. The Hall–Kier alpha value is -1.80. The second-order valence-corrected chi connectivity index (χ2v) is 5.66. The average Bonchev–Trinajstić information content (AvgIpc) is 2.68.